The molecule has 10 heteroatoms. The summed E-state index contributed by atoms with van der Waals surface area (Å²) in [5, 5.41) is 13.3. The smallest absolute Gasteiger partial charge is 0.270 e. The second-order valence-electron chi connectivity index (χ2n) is 6.72. The average Bonchev–Trinajstić information content (AvgIpc) is 2.98. The SMILES string of the molecule is O=C(Nc1ccc(S(=O)(=O)N2CCCCCC2)cc1)c1ccc([N+](=O)[O-])cc1Cl. The summed E-state index contributed by atoms with van der Waals surface area (Å²) in [4.78, 5) is 22.7. The standard InChI is InChI=1S/C19H20ClN3O5S/c20-18-13-15(23(25)26)7-10-17(18)19(24)21-14-5-8-16(9-6-14)29(27,28)22-11-3-1-2-4-12-22/h5-10,13H,1-4,11-12H2,(H,21,24). The largest absolute Gasteiger partial charge is 0.322 e. The molecule has 0 spiro atoms. The first-order chi connectivity index (χ1) is 13.8. The van der Waals surface area contributed by atoms with Gasteiger partial charge in [0, 0.05) is 30.9 Å². The fourth-order valence-electron chi connectivity index (χ4n) is 3.14. The number of nitrogens with one attached hydrogen (secondary N) is 1. The molecule has 0 aliphatic carbocycles. The second-order valence-corrected chi connectivity index (χ2v) is 9.06. The van der Waals surface area contributed by atoms with Crippen LogP contribution in [0.2, 0.25) is 5.02 Å². The molecular weight excluding hydrogens is 418 g/mol. The molecule has 0 saturated carbocycles. The second kappa shape index (κ2) is 8.89. The molecule has 1 amide bonds. The Morgan fingerprint density at radius 1 is 1.03 bits per heavy atom. The van der Waals surface area contributed by atoms with E-state index in [1.807, 2.05) is 0 Å². The van der Waals surface area contributed by atoms with Gasteiger partial charge in [-0.3, -0.25) is 14.9 Å². The van der Waals surface area contributed by atoms with Crippen LogP contribution in [0.15, 0.2) is 47.4 Å². The number of carbonyl (C=O) groups excluding carboxylic acids is 1. The third kappa shape index (κ3) is 4.92. The molecule has 2 aromatic carbocycles. The Kier molecular flexibility index (Phi) is 6.51. The lowest BCUT2D eigenvalue weighted by atomic mass is 10.2. The van der Waals surface area contributed by atoms with Crippen molar-refractivity contribution >= 4 is 38.9 Å². The van der Waals surface area contributed by atoms with E-state index in [-0.39, 0.29) is 21.2 Å². The quantitative estimate of drug-likeness (QED) is 0.560. The molecular formula is C19H20ClN3O5S. The number of amides is 1. The molecule has 1 fully saturated rings. The number of anilines is 1. The van der Waals surface area contributed by atoms with Crippen LogP contribution in [-0.2, 0) is 10.0 Å². The van der Waals surface area contributed by atoms with Crippen LogP contribution in [-0.4, -0.2) is 36.6 Å². The molecule has 8 nitrogen and oxygen atoms in total. The monoisotopic (exact) mass is 437 g/mol. The summed E-state index contributed by atoms with van der Waals surface area (Å²) in [6, 6.07) is 9.48. The summed E-state index contributed by atoms with van der Waals surface area (Å²) >= 11 is 5.97. The zero-order valence-electron chi connectivity index (χ0n) is 15.5. The predicted octanol–water partition coefficient (Wildman–Crippen LogP) is 4.07. The van der Waals surface area contributed by atoms with Gasteiger partial charge in [-0.25, -0.2) is 8.42 Å². The van der Waals surface area contributed by atoms with E-state index in [2.05, 4.69) is 5.32 Å². The highest BCUT2D eigenvalue weighted by molar-refractivity contribution is 7.89. The Morgan fingerprint density at radius 3 is 2.21 bits per heavy atom. The number of hydrogen-bond donors (Lipinski definition) is 1. The van der Waals surface area contributed by atoms with Gasteiger partial charge < -0.3 is 5.32 Å². The molecule has 154 valence electrons. The van der Waals surface area contributed by atoms with Crippen molar-refractivity contribution in [3.63, 3.8) is 0 Å². The van der Waals surface area contributed by atoms with Gasteiger partial charge in [0.25, 0.3) is 11.6 Å². The maximum absolute atomic E-state index is 12.8. The predicted molar refractivity (Wildman–Crippen MR) is 110 cm³/mol. The van der Waals surface area contributed by atoms with E-state index >= 15 is 0 Å². The van der Waals surface area contributed by atoms with Crippen LogP contribution in [0.5, 0.6) is 0 Å². The fraction of sp³-hybridized carbons (Fsp3) is 0.316. The number of nitrogens with zero attached hydrogens (tertiary/aromatic N) is 2. The first-order valence-corrected chi connectivity index (χ1v) is 11.0. The van der Waals surface area contributed by atoms with Crippen molar-refractivity contribution in [3.05, 3.63) is 63.2 Å². The highest BCUT2D eigenvalue weighted by atomic mass is 35.5. The van der Waals surface area contributed by atoms with Crippen molar-refractivity contribution in [2.24, 2.45) is 0 Å². The van der Waals surface area contributed by atoms with Crippen molar-refractivity contribution in [1.82, 2.24) is 4.31 Å². The Hall–Kier alpha value is -2.49. The number of non-ortho nitro benzene ring substituents is 1. The summed E-state index contributed by atoms with van der Waals surface area (Å²) < 4.78 is 27.1. The Balaban J connectivity index is 1.73. The van der Waals surface area contributed by atoms with Crippen molar-refractivity contribution in [2.75, 3.05) is 18.4 Å². The topological polar surface area (TPSA) is 110 Å². The Labute approximate surface area is 173 Å². The highest BCUT2D eigenvalue weighted by Crippen LogP contribution is 2.25. The maximum Gasteiger partial charge on any atom is 0.270 e. The molecule has 3 rings (SSSR count). The summed E-state index contributed by atoms with van der Waals surface area (Å²) in [6.07, 6.45) is 3.76. The lowest BCUT2D eigenvalue weighted by Crippen LogP contribution is -2.31. The number of carbonyl (C=O) groups is 1. The molecule has 0 aromatic heterocycles. The number of hydrogen-bond acceptors (Lipinski definition) is 5. The third-order valence-corrected chi connectivity index (χ3v) is 6.95. The number of nitro benzene ring substituents is 1. The zero-order valence-corrected chi connectivity index (χ0v) is 17.1. The van der Waals surface area contributed by atoms with E-state index in [1.54, 1.807) is 0 Å². The highest BCUT2D eigenvalue weighted by Gasteiger charge is 2.25. The van der Waals surface area contributed by atoms with Crippen molar-refractivity contribution < 1.29 is 18.1 Å². The number of halogens is 1. The minimum atomic E-state index is -3.57. The van der Waals surface area contributed by atoms with Crippen molar-refractivity contribution in [2.45, 2.75) is 30.6 Å². The normalized spacial score (nSPS) is 15.5. The Morgan fingerprint density at radius 2 is 1.66 bits per heavy atom. The van der Waals surface area contributed by atoms with Crippen LogP contribution in [0.1, 0.15) is 36.0 Å². The molecule has 1 N–H and O–H groups in total. The first-order valence-electron chi connectivity index (χ1n) is 9.14. The van der Waals surface area contributed by atoms with E-state index in [9.17, 15) is 23.3 Å². The van der Waals surface area contributed by atoms with Gasteiger partial charge in [0.2, 0.25) is 10.0 Å². The minimum absolute atomic E-state index is 0.0444. The van der Waals surface area contributed by atoms with Gasteiger partial charge in [-0.2, -0.15) is 4.31 Å². The lowest BCUT2D eigenvalue weighted by Gasteiger charge is -2.20. The van der Waals surface area contributed by atoms with Gasteiger partial charge in [-0.05, 0) is 43.2 Å². The molecule has 2 aromatic rings. The summed E-state index contributed by atoms with van der Waals surface area (Å²) in [5.74, 6) is -0.548. The molecule has 29 heavy (non-hydrogen) atoms. The molecule has 1 aliphatic heterocycles. The van der Waals surface area contributed by atoms with Crippen LogP contribution in [0.3, 0.4) is 0 Å². The van der Waals surface area contributed by atoms with Gasteiger partial charge in [0.1, 0.15) is 0 Å². The summed E-state index contributed by atoms with van der Waals surface area (Å²) in [7, 11) is -3.57. The van der Waals surface area contributed by atoms with E-state index in [1.165, 1.54) is 40.7 Å². The Bertz CT molecular complexity index is 1020. The number of benzene rings is 2. The van der Waals surface area contributed by atoms with Crippen LogP contribution in [0.4, 0.5) is 11.4 Å². The van der Waals surface area contributed by atoms with Crippen molar-refractivity contribution in [3.8, 4) is 0 Å². The van der Waals surface area contributed by atoms with Crippen LogP contribution in [0, 0.1) is 10.1 Å². The van der Waals surface area contributed by atoms with E-state index < -0.39 is 20.9 Å². The molecule has 1 aliphatic rings. The van der Waals surface area contributed by atoms with Crippen molar-refractivity contribution in [1.29, 1.82) is 0 Å². The van der Waals surface area contributed by atoms with E-state index in [4.69, 9.17) is 11.6 Å². The molecule has 1 saturated heterocycles. The van der Waals surface area contributed by atoms with Crippen LogP contribution >= 0.6 is 11.6 Å². The van der Waals surface area contributed by atoms with Gasteiger partial charge in [0.15, 0.2) is 0 Å². The van der Waals surface area contributed by atoms with Gasteiger partial charge in [-0.15, -0.1) is 0 Å². The van der Waals surface area contributed by atoms with Gasteiger partial charge in [-0.1, -0.05) is 24.4 Å². The fourth-order valence-corrected chi connectivity index (χ4v) is 4.92. The lowest BCUT2D eigenvalue weighted by molar-refractivity contribution is -0.384. The molecule has 0 unspecified atom stereocenters. The summed E-state index contributed by atoms with van der Waals surface area (Å²) in [6.45, 7) is 1.03. The van der Waals surface area contributed by atoms with Crippen LogP contribution in [0.25, 0.3) is 0 Å². The van der Waals surface area contributed by atoms with E-state index in [0.29, 0.717) is 18.8 Å². The molecule has 0 bridgehead atoms. The van der Waals surface area contributed by atoms with Gasteiger partial charge in [0.05, 0.1) is 20.4 Å². The molecule has 0 radical (unpaired) electrons. The molecule has 0 atom stereocenters. The molecule has 1 heterocycles. The number of nitro groups is 1. The summed E-state index contributed by atoms with van der Waals surface area (Å²) in [5.41, 5.74) is 0.257. The first kappa shape index (κ1) is 21.2. The minimum Gasteiger partial charge on any atom is -0.322 e. The zero-order chi connectivity index (χ0) is 21.0. The van der Waals surface area contributed by atoms with Gasteiger partial charge >= 0.3 is 0 Å². The average molecular weight is 438 g/mol. The van der Waals surface area contributed by atoms with Crippen LogP contribution < -0.4 is 5.32 Å². The van der Waals surface area contributed by atoms with E-state index in [0.717, 1.165) is 31.7 Å². The number of sulfonamides is 1. The number of rotatable bonds is 5. The maximum atomic E-state index is 12.8. The third-order valence-electron chi connectivity index (χ3n) is 4.72.